The molecule has 5 rings (SSSR count). The highest BCUT2D eigenvalue weighted by atomic mass is 33.1. The molecule has 8 amide bonds. The van der Waals surface area contributed by atoms with Gasteiger partial charge in [0.25, 0.3) is 0 Å². The highest BCUT2D eigenvalue weighted by Crippen LogP contribution is 2.25. The molecule has 0 saturated carbocycles. The Kier molecular flexibility index (Phi) is 22.1. The number of amides is 8. The van der Waals surface area contributed by atoms with Gasteiger partial charge in [-0.05, 0) is 85.2 Å². The van der Waals surface area contributed by atoms with E-state index in [0.29, 0.717) is 35.2 Å². The first-order valence-electron chi connectivity index (χ1n) is 24.2. The molecule has 3 aromatic carbocycles. The topological polar surface area (TPSA) is 398 Å². The van der Waals surface area contributed by atoms with Crippen molar-refractivity contribution in [3.8, 4) is 5.75 Å². The second-order valence-electron chi connectivity index (χ2n) is 18.4. The van der Waals surface area contributed by atoms with E-state index in [0.717, 1.165) is 32.5 Å². The number of nitrogens with two attached hydrogens (primary N) is 4. The van der Waals surface area contributed by atoms with Crippen LogP contribution in [0.15, 0.2) is 79.0 Å². The van der Waals surface area contributed by atoms with Crippen LogP contribution in [0.3, 0.4) is 0 Å². The highest BCUT2D eigenvalue weighted by molar-refractivity contribution is 8.76. The average Bonchev–Trinajstić information content (AvgIpc) is 3.77. The van der Waals surface area contributed by atoms with Gasteiger partial charge in [0.05, 0.1) is 12.5 Å². The van der Waals surface area contributed by atoms with Gasteiger partial charge in [0.1, 0.15) is 48.0 Å². The fraction of sp³-hybridized carbons (Fsp3) is 0.420. The summed E-state index contributed by atoms with van der Waals surface area (Å²) >= 11 is 0. The van der Waals surface area contributed by atoms with Gasteiger partial charge < -0.3 is 75.3 Å². The third-order valence-electron chi connectivity index (χ3n) is 12.2. The van der Waals surface area contributed by atoms with Crippen LogP contribution in [0, 0.1) is 5.92 Å². The number of rotatable bonds is 18. The van der Waals surface area contributed by atoms with Gasteiger partial charge in [0.2, 0.25) is 47.3 Å². The van der Waals surface area contributed by atoms with E-state index in [2.05, 4.69) is 42.2 Å². The van der Waals surface area contributed by atoms with Crippen molar-refractivity contribution in [1.82, 2.24) is 42.2 Å². The molecule has 0 bridgehead atoms. The van der Waals surface area contributed by atoms with E-state index in [9.17, 15) is 53.4 Å². The molecule has 75 heavy (non-hydrogen) atoms. The molecule has 1 aromatic heterocycles. The number of aromatic hydroxyl groups is 1. The fourth-order valence-electron chi connectivity index (χ4n) is 7.98. The van der Waals surface area contributed by atoms with Gasteiger partial charge in [-0.25, -0.2) is 0 Å². The van der Waals surface area contributed by atoms with E-state index in [1.54, 1.807) is 50.4 Å². The molecule has 1 saturated heterocycles. The SMILES string of the molecule is CC(C)[C@H]1NC(=O)[C@H](CCCCN)NC(=O)[C@@H](Cc2c[nH]c3ccccc23)NC(=O)[C@H](Cc2ccc(O)cc2)NC(=O)[C@@H](NC(=O)[C@@H](N)Cc2ccc(N)cc2)CSSC[C@H](C(=O)N[C@H](CC(=O)O)C(N)=O)NC1=O. The molecule has 0 radical (unpaired) electrons. The van der Waals surface area contributed by atoms with Gasteiger partial charge in [-0.2, -0.15) is 0 Å². The smallest absolute Gasteiger partial charge is 0.305 e. The molecule has 18 N–H and O–H groups in total. The number of anilines is 1. The van der Waals surface area contributed by atoms with E-state index in [4.69, 9.17) is 22.9 Å². The zero-order chi connectivity index (χ0) is 54.8. The standard InChI is InChI=1S/C50H66N12O11S2/c1-26(2)42-50(73)61-40(48(71)57-36(43(54)66)22-41(64)65)25-75-74-24-39(60-44(67)33(53)19-27-10-14-30(52)15-11-27)49(72)58-37(20-28-12-16-31(63)17-13-28)46(69)59-38(21-29-23-55-34-8-4-3-7-32(29)34)47(70)56-35(45(68)62-42)9-5-6-18-51/h3-4,7-8,10-17,23,26,33,35-40,42,55,63H,5-6,9,18-22,24-25,51-53H2,1-2H3,(H2,54,66)(H,56,70)(H,57,71)(H,58,72)(H,59,69)(H,60,67)(H,61,73)(H,62,68)(H,64,65)/t33-,35-,36+,37-,38+,39-,40+,42+/m0/s1. The number of H-pyrrole nitrogens is 1. The number of primary amides is 1. The number of carbonyl (C=O) groups excluding carboxylic acids is 8. The van der Waals surface area contributed by atoms with Crippen molar-refractivity contribution in [2.75, 3.05) is 23.8 Å². The number of fused-ring (bicyclic) bond motifs is 1. The van der Waals surface area contributed by atoms with E-state index in [-0.39, 0.29) is 49.5 Å². The zero-order valence-electron chi connectivity index (χ0n) is 41.5. The maximum absolute atomic E-state index is 14.8. The van der Waals surface area contributed by atoms with Crippen LogP contribution in [0.2, 0.25) is 0 Å². The van der Waals surface area contributed by atoms with Gasteiger partial charge >= 0.3 is 5.97 Å². The van der Waals surface area contributed by atoms with Crippen molar-refractivity contribution in [2.24, 2.45) is 23.1 Å². The molecule has 1 aliphatic rings. The molecule has 1 aliphatic heterocycles. The lowest BCUT2D eigenvalue weighted by molar-refractivity contribution is -0.140. The Morgan fingerprint density at radius 3 is 2.01 bits per heavy atom. The summed E-state index contributed by atoms with van der Waals surface area (Å²) in [5, 5.41) is 38.9. The Bertz CT molecular complexity index is 2650. The Labute approximate surface area is 440 Å². The van der Waals surface area contributed by atoms with Gasteiger partial charge in [-0.15, -0.1) is 0 Å². The van der Waals surface area contributed by atoms with Crippen LogP contribution < -0.4 is 60.2 Å². The summed E-state index contributed by atoms with van der Waals surface area (Å²) < 4.78 is 0. The second-order valence-corrected chi connectivity index (χ2v) is 21.0. The normalized spacial score (nSPS) is 21.3. The van der Waals surface area contributed by atoms with Crippen LogP contribution in [-0.2, 0) is 62.4 Å². The average molecular weight is 1080 g/mol. The summed E-state index contributed by atoms with van der Waals surface area (Å²) in [6.45, 7) is 3.52. The summed E-state index contributed by atoms with van der Waals surface area (Å²) in [6, 6.07) is 8.54. The molecule has 0 spiro atoms. The maximum Gasteiger partial charge on any atom is 0.305 e. The Balaban J connectivity index is 1.58. The molecule has 0 unspecified atom stereocenters. The number of phenolic OH excluding ortho intramolecular Hbond substituents is 1. The van der Waals surface area contributed by atoms with Crippen molar-refractivity contribution in [3.63, 3.8) is 0 Å². The maximum atomic E-state index is 14.8. The van der Waals surface area contributed by atoms with Crippen LogP contribution in [0.4, 0.5) is 5.69 Å². The highest BCUT2D eigenvalue weighted by Gasteiger charge is 2.36. The molecular weight excluding hydrogens is 1010 g/mol. The number of benzene rings is 3. The molecule has 1 fully saturated rings. The van der Waals surface area contributed by atoms with Crippen molar-refractivity contribution in [3.05, 3.63) is 95.7 Å². The third-order valence-corrected chi connectivity index (χ3v) is 14.6. The second kappa shape index (κ2) is 28.4. The molecule has 0 aliphatic carbocycles. The van der Waals surface area contributed by atoms with E-state index in [1.807, 2.05) is 18.2 Å². The molecule has 4 aromatic rings. The summed E-state index contributed by atoms with van der Waals surface area (Å²) in [4.78, 5) is 127. The Morgan fingerprint density at radius 2 is 1.36 bits per heavy atom. The quantitative estimate of drug-likeness (QED) is 0.0334. The van der Waals surface area contributed by atoms with Crippen molar-refractivity contribution in [2.45, 2.75) is 107 Å². The zero-order valence-corrected chi connectivity index (χ0v) is 43.1. The van der Waals surface area contributed by atoms with Crippen molar-refractivity contribution >= 4 is 91.4 Å². The van der Waals surface area contributed by atoms with Crippen LogP contribution in [-0.4, -0.2) is 135 Å². The number of hydrogen-bond donors (Lipinski definition) is 14. The van der Waals surface area contributed by atoms with Crippen LogP contribution in [0.5, 0.6) is 5.75 Å². The number of para-hydroxylation sites is 1. The lowest BCUT2D eigenvalue weighted by Crippen LogP contribution is -2.61. The largest absolute Gasteiger partial charge is 0.508 e. The van der Waals surface area contributed by atoms with Crippen LogP contribution in [0.1, 0.15) is 56.2 Å². The minimum absolute atomic E-state index is 0.0439. The van der Waals surface area contributed by atoms with Crippen LogP contribution in [0.25, 0.3) is 10.9 Å². The lowest BCUT2D eigenvalue weighted by Gasteiger charge is -2.29. The summed E-state index contributed by atoms with van der Waals surface area (Å²) in [5.41, 5.74) is 26.5. The van der Waals surface area contributed by atoms with Crippen LogP contribution >= 0.6 is 21.6 Å². The number of carboxylic acid groups (broad SMARTS) is 1. The molecule has 404 valence electrons. The minimum Gasteiger partial charge on any atom is -0.508 e. The molecular formula is C50H66N12O11S2. The number of nitrogens with one attached hydrogen (secondary N) is 8. The fourth-order valence-corrected chi connectivity index (χ4v) is 10.3. The lowest BCUT2D eigenvalue weighted by atomic mass is 10.00. The number of aromatic nitrogens is 1. The molecule has 25 heteroatoms. The molecule has 8 atom stereocenters. The number of aliphatic carboxylic acids is 1. The predicted octanol–water partition coefficient (Wildman–Crippen LogP) is -0.655. The Morgan fingerprint density at radius 1 is 0.747 bits per heavy atom. The van der Waals surface area contributed by atoms with Gasteiger partial charge in [-0.1, -0.05) is 77.9 Å². The third kappa shape index (κ3) is 17.9. The molecule has 23 nitrogen and oxygen atoms in total. The number of aromatic amines is 1. The number of carboxylic acids is 1. The van der Waals surface area contributed by atoms with Gasteiger partial charge in [0, 0.05) is 47.1 Å². The number of phenols is 1. The first-order valence-corrected chi connectivity index (χ1v) is 26.7. The van der Waals surface area contributed by atoms with E-state index < -0.39 is 114 Å². The Hall–Kier alpha value is -7.35. The summed E-state index contributed by atoms with van der Waals surface area (Å²) in [7, 11) is 1.92. The predicted molar refractivity (Wildman–Crippen MR) is 284 cm³/mol. The van der Waals surface area contributed by atoms with E-state index in [1.165, 1.54) is 24.3 Å². The number of unbranched alkanes of at least 4 members (excludes halogenated alkanes) is 1. The molecule has 2 heterocycles. The summed E-state index contributed by atoms with van der Waals surface area (Å²) in [5.74, 6) is -9.72. The minimum atomic E-state index is -1.68. The van der Waals surface area contributed by atoms with E-state index >= 15 is 0 Å². The number of hydrogen-bond acceptors (Lipinski definition) is 15. The number of carbonyl (C=O) groups is 9. The van der Waals surface area contributed by atoms with Gasteiger partial charge in [-0.3, -0.25) is 43.2 Å². The van der Waals surface area contributed by atoms with Crippen molar-refractivity contribution in [1.29, 1.82) is 0 Å². The number of nitrogen functional groups attached to an aromatic ring is 1. The first kappa shape index (κ1) is 58.5. The summed E-state index contributed by atoms with van der Waals surface area (Å²) in [6.07, 6.45) is 1.42. The van der Waals surface area contributed by atoms with Crippen molar-refractivity contribution < 1.29 is 53.4 Å². The van der Waals surface area contributed by atoms with Gasteiger partial charge in [0.15, 0.2) is 0 Å². The first-order chi connectivity index (χ1) is 35.7. The monoisotopic (exact) mass is 1070 g/mol.